The Labute approximate surface area is 99.7 Å². The molecule has 2 rings (SSSR count). The van der Waals surface area contributed by atoms with Crippen LogP contribution in [0.3, 0.4) is 0 Å². The fraction of sp³-hybridized carbons (Fsp3) is 0.545. The lowest BCUT2D eigenvalue weighted by molar-refractivity contribution is 0.286. The van der Waals surface area contributed by atoms with Gasteiger partial charge in [0.05, 0.1) is 12.6 Å². The van der Waals surface area contributed by atoms with Gasteiger partial charge < -0.3 is 9.47 Å². The van der Waals surface area contributed by atoms with Crippen LogP contribution in [0.1, 0.15) is 0 Å². The van der Waals surface area contributed by atoms with Crippen LogP contribution in [0.5, 0.6) is 0 Å². The Morgan fingerprint density at radius 1 is 1.41 bits per heavy atom. The van der Waals surface area contributed by atoms with E-state index in [-0.39, 0.29) is 5.56 Å². The lowest BCUT2D eigenvalue weighted by Gasteiger charge is -2.33. The average Bonchev–Trinajstić information content (AvgIpc) is 2.34. The third-order valence-corrected chi connectivity index (χ3v) is 2.96. The monoisotopic (exact) mass is 233 g/mol. The van der Waals surface area contributed by atoms with Crippen molar-refractivity contribution in [1.29, 1.82) is 5.26 Å². The van der Waals surface area contributed by atoms with Crippen molar-refractivity contribution in [2.75, 3.05) is 37.6 Å². The van der Waals surface area contributed by atoms with Crippen molar-refractivity contribution >= 4 is 5.82 Å². The number of nitrogens with zero attached hydrogens (tertiary/aromatic N) is 5. The van der Waals surface area contributed by atoms with Crippen LogP contribution < -0.4 is 10.5 Å². The molecule has 0 aromatic carbocycles. The lowest BCUT2D eigenvalue weighted by Crippen LogP contribution is -2.48. The largest absolute Gasteiger partial charge is 0.349 e. The first-order valence-electron chi connectivity index (χ1n) is 5.58. The molecule has 2 heterocycles. The number of hydrogen-bond acceptors (Lipinski definition) is 5. The molecule has 0 saturated carbocycles. The highest BCUT2D eigenvalue weighted by Gasteiger charge is 2.19. The minimum Gasteiger partial charge on any atom is -0.349 e. The van der Waals surface area contributed by atoms with E-state index in [0.29, 0.717) is 12.4 Å². The van der Waals surface area contributed by atoms with E-state index in [4.69, 9.17) is 5.26 Å². The van der Waals surface area contributed by atoms with Crippen LogP contribution in [0.4, 0.5) is 5.82 Å². The second-order valence-corrected chi connectivity index (χ2v) is 4.09. The van der Waals surface area contributed by atoms with E-state index in [9.17, 15) is 4.79 Å². The highest BCUT2D eigenvalue weighted by atomic mass is 16.1. The normalized spacial score (nSPS) is 16.8. The fourth-order valence-electron chi connectivity index (χ4n) is 1.92. The van der Waals surface area contributed by atoms with Crippen molar-refractivity contribution in [3.05, 3.63) is 22.7 Å². The van der Waals surface area contributed by atoms with Gasteiger partial charge in [-0.2, -0.15) is 5.26 Å². The third-order valence-electron chi connectivity index (χ3n) is 2.96. The highest BCUT2D eigenvalue weighted by Crippen LogP contribution is 2.07. The van der Waals surface area contributed by atoms with Gasteiger partial charge in [0.25, 0.3) is 5.56 Å². The summed E-state index contributed by atoms with van der Waals surface area (Å²) in [4.78, 5) is 20.1. The van der Waals surface area contributed by atoms with Gasteiger partial charge in [-0.25, -0.2) is 4.98 Å². The molecule has 1 aliphatic rings. The van der Waals surface area contributed by atoms with E-state index < -0.39 is 0 Å². The van der Waals surface area contributed by atoms with Crippen LogP contribution in [0.15, 0.2) is 17.2 Å². The molecule has 1 aromatic rings. The smallest absolute Gasteiger partial charge is 0.293 e. The molecule has 1 fully saturated rings. The van der Waals surface area contributed by atoms with Crippen molar-refractivity contribution in [3.8, 4) is 6.07 Å². The number of hydrogen-bond donors (Lipinski definition) is 0. The second-order valence-electron chi connectivity index (χ2n) is 4.09. The number of anilines is 1. The molecular weight excluding hydrogens is 218 g/mol. The van der Waals surface area contributed by atoms with E-state index in [1.807, 2.05) is 4.90 Å². The summed E-state index contributed by atoms with van der Waals surface area (Å²) in [6, 6.07) is 2.14. The maximum Gasteiger partial charge on any atom is 0.293 e. The molecule has 6 nitrogen and oxygen atoms in total. The Kier molecular flexibility index (Phi) is 3.40. The van der Waals surface area contributed by atoms with Gasteiger partial charge >= 0.3 is 0 Å². The number of rotatable bonds is 2. The van der Waals surface area contributed by atoms with Crippen LogP contribution in [-0.4, -0.2) is 47.2 Å². The van der Waals surface area contributed by atoms with Gasteiger partial charge in [-0.3, -0.25) is 9.69 Å². The van der Waals surface area contributed by atoms with Gasteiger partial charge in [0.1, 0.15) is 0 Å². The van der Waals surface area contributed by atoms with Crippen molar-refractivity contribution in [2.24, 2.45) is 7.05 Å². The molecule has 1 aliphatic heterocycles. The molecule has 0 aliphatic carbocycles. The molecule has 0 N–H and O–H groups in total. The maximum atomic E-state index is 11.9. The minimum absolute atomic E-state index is 0.0683. The average molecular weight is 233 g/mol. The molecule has 6 heteroatoms. The third kappa shape index (κ3) is 2.45. The molecular formula is C11H15N5O. The van der Waals surface area contributed by atoms with Crippen LogP contribution in [0.25, 0.3) is 0 Å². The number of aromatic nitrogens is 2. The summed E-state index contributed by atoms with van der Waals surface area (Å²) in [6.45, 7) is 3.54. The zero-order valence-electron chi connectivity index (χ0n) is 9.83. The highest BCUT2D eigenvalue weighted by molar-refractivity contribution is 5.36. The molecule has 0 spiro atoms. The summed E-state index contributed by atoms with van der Waals surface area (Å²) in [5, 5.41) is 8.61. The summed E-state index contributed by atoms with van der Waals surface area (Å²) in [5.41, 5.74) is -0.0683. The predicted octanol–water partition coefficient (Wildman–Crippen LogP) is -0.574. The Hall–Kier alpha value is -1.87. The summed E-state index contributed by atoms with van der Waals surface area (Å²) in [6.07, 6.45) is 3.29. The van der Waals surface area contributed by atoms with Gasteiger partial charge in [0.2, 0.25) is 0 Å². The standard InChI is InChI=1S/C11H15N5O/c1-14-5-3-13-10(11(14)17)16-8-6-15(4-2-12)7-9-16/h3,5H,4,6-9H2,1H3. The quantitative estimate of drug-likeness (QED) is 0.640. The van der Waals surface area contributed by atoms with Crippen LogP contribution in [0, 0.1) is 11.3 Å². The molecule has 0 unspecified atom stereocenters. The van der Waals surface area contributed by atoms with Crippen molar-refractivity contribution < 1.29 is 0 Å². The number of piperazine rings is 1. The van der Waals surface area contributed by atoms with Crippen LogP contribution in [0.2, 0.25) is 0 Å². The summed E-state index contributed by atoms with van der Waals surface area (Å²) < 4.78 is 1.53. The zero-order chi connectivity index (χ0) is 12.3. The first kappa shape index (κ1) is 11.6. The van der Waals surface area contributed by atoms with Gasteiger partial charge in [-0.1, -0.05) is 0 Å². The van der Waals surface area contributed by atoms with E-state index >= 15 is 0 Å². The zero-order valence-corrected chi connectivity index (χ0v) is 9.83. The Balaban J connectivity index is 2.09. The van der Waals surface area contributed by atoms with Gasteiger partial charge in [0, 0.05) is 45.6 Å². The van der Waals surface area contributed by atoms with Gasteiger partial charge in [-0.05, 0) is 0 Å². The molecule has 0 bridgehead atoms. The first-order valence-corrected chi connectivity index (χ1v) is 5.58. The van der Waals surface area contributed by atoms with Crippen molar-refractivity contribution in [3.63, 3.8) is 0 Å². The Bertz CT molecular complexity index is 481. The predicted molar refractivity (Wildman–Crippen MR) is 63.7 cm³/mol. The first-order chi connectivity index (χ1) is 8.22. The summed E-state index contributed by atoms with van der Waals surface area (Å²) in [5.74, 6) is 0.506. The van der Waals surface area contributed by atoms with E-state index in [2.05, 4.69) is 16.0 Å². The van der Waals surface area contributed by atoms with Crippen molar-refractivity contribution in [2.45, 2.75) is 0 Å². The molecule has 0 atom stereocenters. The lowest BCUT2D eigenvalue weighted by atomic mass is 10.3. The van der Waals surface area contributed by atoms with E-state index in [1.165, 1.54) is 4.57 Å². The Morgan fingerprint density at radius 3 is 2.76 bits per heavy atom. The molecule has 0 amide bonds. The summed E-state index contributed by atoms with van der Waals surface area (Å²) in [7, 11) is 1.72. The van der Waals surface area contributed by atoms with Crippen LogP contribution in [-0.2, 0) is 7.05 Å². The maximum absolute atomic E-state index is 11.9. The van der Waals surface area contributed by atoms with E-state index in [1.54, 1.807) is 19.4 Å². The van der Waals surface area contributed by atoms with Crippen molar-refractivity contribution in [1.82, 2.24) is 14.5 Å². The SMILES string of the molecule is Cn1ccnc(N2CCN(CC#N)CC2)c1=O. The molecule has 1 aromatic heterocycles. The summed E-state index contributed by atoms with van der Waals surface area (Å²) >= 11 is 0. The molecule has 17 heavy (non-hydrogen) atoms. The minimum atomic E-state index is -0.0683. The molecule has 90 valence electrons. The number of aryl methyl sites for hydroxylation is 1. The molecule has 1 saturated heterocycles. The molecule has 0 radical (unpaired) electrons. The van der Waals surface area contributed by atoms with Gasteiger partial charge in [0.15, 0.2) is 5.82 Å². The second kappa shape index (κ2) is 4.97. The Morgan fingerprint density at radius 2 is 2.12 bits per heavy atom. The topological polar surface area (TPSA) is 65.2 Å². The van der Waals surface area contributed by atoms with Gasteiger partial charge in [-0.15, -0.1) is 0 Å². The van der Waals surface area contributed by atoms with E-state index in [0.717, 1.165) is 26.2 Å². The number of nitriles is 1. The fourth-order valence-corrected chi connectivity index (χ4v) is 1.92. The van der Waals surface area contributed by atoms with Crippen LogP contribution >= 0.6 is 0 Å².